The van der Waals surface area contributed by atoms with E-state index >= 15 is 0 Å². The van der Waals surface area contributed by atoms with Crippen LogP contribution in [0.25, 0.3) is 10.8 Å². The summed E-state index contributed by atoms with van der Waals surface area (Å²) in [6.45, 7) is 1.30. The van der Waals surface area contributed by atoms with E-state index in [-0.39, 0.29) is 11.7 Å². The van der Waals surface area contributed by atoms with E-state index in [4.69, 9.17) is 10.8 Å². The van der Waals surface area contributed by atoms with E-state index < -0.39 is 12.0 Å². The molecule has 0 saturated carbocycles. The Labute approximate surface area is 126 Å². The Morgan fingerprint density at radius 1 is 1.29 bits per heavy atom. The van der Waals surface area contributed by atoms with Crippen LogP contribution in [0.15, 0.2) is 41.3 Å². The number of carbonyl (C=O) groups excluding carboxylic acids is 1. The average molecular weight is 304 g/mol. The molecule has 0 aromatic heterocycles. The van der Waals surface area contributed by atoms with Crippen LogP contribution >= 0.6 is 11.8 Å². The van der Waals surface area contributed by atoms with Gasteiger partial charge in [-0.05, 0) is 16.8 Å². The van der Waals surface area contributed by atoms with Crippen molar-refractivity contribution >= 4 is 40.1 Å². The number of anilines is 1. The first-order valence-electron chi connectivity index (χ1n) is 6.39. The van der Waals surface area contributed by atoms with E-state index in [1.165, 1.54) is 18.7 Å². The summed E-state index contributed by atoms with van der Waals surface area (Å²) in [5.74, 6) is -1.21. The van der Waals surface area contributed by atoms with E-state index in [1.54, 1.807) is 6.07 Å². The van der Waals surface area contributed by atoms with Gasteiger partial charge in [0.2, 0.25) is 5.91 Å². The SMILES string of the molecule is CC(=O)N[C@@H](CSc1c(N)ccc2ccccc12)C(=O)O. The Bertz CT molecular complexity index is 688. The molecule has 1 amide bonds. The molecule has 0 fully saturated rings. The Morgan fingerprint density at radius 2 is 2.00 bits per heavy atom. The number of benzene rings is 2. The molecule has 0 bridgehead atoms. The number of carboxylic acids is 1. The van der Waals surface area contributed by atoms with Gasteiger partial charge in [-0.2, -0.15) is 0 Å². The fraction of sp³-hybridized carbons (Fsp3) is 0.200. The lowest BCUT2D eigenvalue weighted by Gasteiger charge is -2.15. The minimum absolute atomic E-state index is 0.215. The van der Waals surface area contributed by atoms with Crippen molar-refractivity contribution in [2.75, 3.05) is 11.5 Å². The summed E-state index contributed by atoms with van der Waals surface area (Å²) in [6.07, 6.45) is 0. The summed E-state index contributed by atoms with van der Waals surface area (Å²) in [5.41, 5.74) is 6.60. The molecule has 0 radical (unpaired) electrons. The highest BCUT2D eigenvalue weighted by molar-refractivity contribution is 7.99. The second-order valence-electron chi connectivity index (χ2n) is 4.61. The summed E-state index contributed by atoms with van der Waals surface area (Å²) in [5, 5.41) is 13.6. The zero-order chi connectivity index (χ0) is 15.4. The van der Waals surface area contributed by atoms with Gasteiger partial charge in [-0.15, -0.1) is 11.8 Å². The molecule has 110 valence electrons. The maximum absolute atomic E-state index is 11.1. The molecule has 2 aromatic carbocycles. The van der Waals surface area contributed by atoms with Gasteiger partial charge in [0, 0.05) is 23.3 Å². The van der Waals surface area contributed by atoms with E-state index in [0.29, 0.717) is 5.69 Å². The molecule has 4 N–H and O–H groups in total. The summed E-state index contributed by atoms with van der Waals surface area (Å²) in [4.78, 5) is 23.0. The molecule has 21 heavy (non-hydrogen) atoms. The van der Waals surface area contributed by atoms with Crippen LogP contribution in [0, 0.1) is 0 Å². The van der Waals surface area contributed by atoms with Gasteiger partial charge in [-0.3, -0.25) is 4.79 Å². The Balaban J connectivity index is 2.24. The predicted octanol–water partition coefficient (Wildman–Crippen LogP) is 2.10. The first-order chi connectivity index (χ1) is 9.99. The number of rotatable bonds is 5. The number of carbonyl (C=O) groups is 2. The van der Waals surface area contributed by atoms with Gasteiger partial charge < -0.3 is 16.2 Å². The predicted molar refractivity (Wildman–Crippen MR) is 84.3 cm³/mol. The lowest BCUT2D eigenvalue weighted by atomic mass is 10.1. The van der Waals surface area contributed by atoms with Crippen molar-refractivity contribution in [2.45, 2.75) is 17.9 Å². The molecule has 2 rings (SSSR count). The number of amides is 1. The monoisotopic (exact) mass is 304 g/mol. The maximum Gasteiger partial charge on any atom is 0.327 e. The molecule has 1 atom stereocenters. The van der Waals surface area contributed by atoms with Gasteiger partial charge in [0.1, 0.15) is 6.04 Å². The Kier molecular flexibility index (Phi) is 4.70. The molecular formula is C15H16N2O3S. The smallest absolute Gasteiger partial charge is 0.327 e. The number of nitrogen functional groups attached to an aromatic ring is 1. The standard InChI is InChI=1S/C15H16N2O3S/c1-9(18)17-13(15(19)20)8-21-14-11-5-3-2-4-10(11)6-7-12(14)16/h2-7,13H,8,16H2,1H3,(H,17,18)(H,19,20)/t13-/m0/s1. The second kappa shape index (κ2) is 6.49. The quantitative estimate of drug-likeness (QED) is 0.581. The Hall–Kier alpha value is -2.21. The van der Waals surface area contributed by atoms with Crippen molar-refractivity contribution in [1.29, 1.82) is 0 Å². The van der Waals surface area contributed by atoms with Crippen molar-refractivity contribution in [3.8, 4) is 0 Å². The molecule has 2 aromatic rings. The second-order valence-corrected chi connectivity index (χ2v) is 5.64. The number of thioether (sulfide) groups is 1. The number of hydrogen-bond donors (Lipinski definition) is 3. The first-order valence-corrected chi connectivity index (χ1v) is 7.37. The third-order valence-corrected chi connectivity index (χ3v) is 4.22. The van der Waals surface area contributed by atoms with Crippen LogP contribution in [0.5, 0.6) is 0 Å². The van der Waals surface area contributed by atoms with Crippen LogP contribution in [-0.2, 0) is 9.59 Å². The largest absolute Gasteiger partial charge is 0.480 e. The van der Waals surface area contributed by atoms with Gasteiger partial charge >= 0.3 is 5.97 Å². The zero-order valence-corrected chi connectivity index (χ0v) is 12.3. The number of hydrogen-bond acceptors (Lipinski definition) is 4. The molecule has 0 unspecified atom stereocenters. The van der Waals surface area contributed by atoms with Crippen LogP contribution in [0.1, 0.15) is 6.92 Å². The summed E-state index contributed by atoms with van der Waals surface area (Å²) < 4.78 is 0. The van der Waals surface area contributed by atoms with Crippen molar-refractivity contribution < 1.29 is 14.7 Å². The molecule has 0 saturated heterocycles. The normalized spacial score (nSPS) is 12.0. The van der Waals surface area contributed by atoms with Crippen LogP contribution in [-0.4, -0.2) is 28.8 Å². The van der Waals surface area contributed by atoms with E-state index in [9.17, 15) is 9.59 Å². The summed E-state index contributed by atoms with van der Waals surface area (Å²) in [7, 11) is 0. The average Bonchev–Trinajstić information content (AvgIpc) is 2.44. The molecule has 0 aliphatic rings. The van der Waals surface area contributed by atoms with Crippen LogP contribution < -0.4 is 11.1 Å². The molecule has 0 spiro atoms. The molecular weight excluding hydrogens is 288 g/mol. The van der Waals surface area contributed by atoms with Crippen LogP contribution in [0.4, 0.5) is 5.69 Å². The highest BCUT2D eigenvalue weighted by atomic mass is 32.2. The summed E-state index contributed by atoms with van der Waals surface area (Å²) in [6, 6.07) is 10.6. The molecule has 0 aliphatic carbocycles. The van der Waals surface area contributed by atoms with Gasteiger partial charge in [0.15, 0.2) is 0 Å². The van der Waals surface area contributed by atoms with Crippen LogP contribution in [0.2, 0.25) is 0 Å². The first kappa shape index (κ1) is 15.2. The van der Waals surface area contributed by atoms with Gasteiger partial charge in [-0.25, -0.2) is 4.79 Å². The number of aliphatic carboxylic acids is 1. The zero-order valence-electron chi connectivity index (χ0n) is 11.5. The number of carboxylic acid groups (broad SMARTS) is 1. The van der Waals surface area contributed by atoms with Crippen molar-refractivity contribution in [1.82, 2.24) is 5.32 Å². The minimum atomic E-state index is -1.06. The van der Waals surface area contributed by atoms with Gasteiger partial charge in [0.05, 0.1) is 0 Å². The highest BCUT2D eigenvalue weighted by Crippen LogP contribution is 2.33. The Morgan fingerprint density at radius 3 is 2.67 bits per heavy atom. The third-order valence-electron chi connectivity index (χ3n) is 2.98. The van der Waals surface area contributed by atoms with Crippen LogP contribution in [0.3, 0.4) is 0 Å². The van der Waals surface area contributed by atoms with Crippen molar-refractivity contribution in [2.24, 2.45) is 0 Å². The van der Waals surface area contributed by atoms with Gasteiger partial charge in [-0.1, -0.05) is 30.3 Å². The van der Waals surface area contributed by atoms with Gasteiger partial charge in [0.25, 0.3) is 0 Å². The maximum atomic E-state index is 11.1. The van der Waals surface area contributed by atoms with E-state index in [0.717, 1.165) is 15.7 Å². The number of nitrogens with one attached hydrogen (secondary N) is 1. The van der Waals surface area contributed by atoms with Crippen molar-refractivity contribution in [3.05, 3.63) is 36.4 Å². The topological polar surface area (TPSA) is 92.4 Å². The molecule has 5 nitrogen and oxygen atoms in total. The lowest BCUT2D eigenvalue weighted by Crippen LogP contribution is -2.41. The molecule has 0 heterocycles. The fourth-order valence-electron chi connectivity index (χ4n) is 2.01. The van der Waals surface area contributed by atoms with E-state index in [2.05, 4.69) is 5.32 Å². The number of nitrogens with two attached hydrogens (primary N) is 1. The van der Waals surface area contributed by atoms with Crippen molar-refractivity contribution in [3.63, 3.8) is 0 Å². The minimum Gasteiger partial charge on any atom is -0.480 e. The summed E-state index contributed by atoms with van der Waals surface area (Å²) >= 11 is 1.33. The molecule has 6 heteroatoms. The highest BCUT2D eigenvalue weighted by Gasteiger charge is 2.19. The molecule has 0 aliphatic heterocycles. The number of fused-ring (bicyclic) bond motifs is 1. The lowest BCUT2D eigenvalue weighted by molar-refractivity contribution is -0.140. The third kappa shape index (κ3) is 3.66. The fourth-order valence-corrected chi connectivity index (χ4v) is 3.14. The van der Waals surface area contributed by atoms with E-state index in [1.807, 2.05) is 30.3 Å².